The largest absolute Gasteiger partial charge is 0.497 e. The highest BCUT2D eigenvalue weighted by atomic mass is 16.5. The van der Waals surface area contributed by atoms with Crippen LogP contribution in [0, 0.1) is 6.92 Å². The Morgan fingerprint density at radius 1 is 1.03 bits per heavy atom. The van der Waals surface area contributed by atoms with Crippen LogP contribution in [0.4, 0.5) is 5.95 Å². The molecule has 0 amide bonds. The Morgan fingerprint density at radius 3 is 2.38 bits per heavy atom. The van der Waals surface area contributed by atoms with Crippen LogP contribution in [0.2, 0.25) is 0 Å². The van der Waals surface area contributed by atoms with Gasteiger partial charge in [0.15, 0.2) is 11.2 Å². The van der Waals surface area contributed by atoms with E-state index < -0.39 is 11.2 Å². The van der Waals surface area contributed by atoms with Crippen molar-refractivity contribution in [2.45, 2.75) is 13.5 Å². The zero-order chi connectivity index (χ0) is 22.8. The number of nitrogens with one attached hydrogen (secondary N) is 1. The molecule has 9 heteroatoms. The van der Waals surface area contributed by atoms with Gasteiger partial charge in [0.05, 0.1) is 19.9 Å². The number of ether oxygens (including phenoxy) is 1. The van der Waals surface area contributed by atoms with E-state index >= 15 is 0 Å². The maximum absolute atomic E-state index is 12.9. The van der Waals surface area contributed by atoms with Crippen molar-refractivity contribution >= 4 is 23.3 Å². The minimum Gasteiger partial charge on any atom is -0.497 e. The lowest BCUT2D eigenvalue weighted by atomic mass is 10.1. The predicted molar refractivity (Wildman–Crippen MR) is 125 cm³/mol. The smallest absolute Gasteiger partial charge is 0.332 e. The predicted octanol–water partition coefficient (Wildman–Crippen LogP) is 2.25. The van der Waals surface area contributed by atoms with Crippen molar-refractivity contribution in [1.82, 2.24) is 18.7 Å². The normalized spacial score (nSPS) is 11.4. The maximum atomic E-state index is 12.9. The van der Waals surface area contributed by atoms with Crippen LogP contribution in [0.5, 0.6) is 5.75 Å². The van der Waals surface area contributed by atoms with E-state index in [1.807, 2.05) is 55.5 Å². The summed E-state index contributed by atoms with van der Waals surface area (Å²) in [5, 5.41) is 4.29. The molecule has 32 heavy (non-hydrogen) atoms. The first-order valence-corrected chi connectivity index (χ1v) is 10.0. The molecule has 0 saturated carbocycles. The molecular formula is C23H24N6O3. The molecule has 0 unspecified atom stereocenters. The number of imidazole rings is 1. The monoisotopic (exact) mass is 432 g/mol. The first-order chi connectivity index (χ1) is 15.4. The Morgan fingerprint density at radius 2 is 1.72 bits per heavy atom. The molecule has 0 radical (unpaired) electrons. The number of benzene rings is 2. The van der Waals surface area contributed by atoms with E-state index in [2.05, 4.69) is 15.5 Å². The highest BCUT2D eigenvalue weighted by Crippen LogP contribution is 2.18. The molecule has 4 rings (SSSR count). The summed E-state index contributed by atoms with van der Waals surface area (Å²) in [6.07, 6.45) is 1.64. The molecule has 4 aromatic rings. The Bertz CT molecular complexity index is 1410. The molecule has 0 atom stereocenters. The summed E-state index contributed by atoms with van der Waals surface area (Å²) in [5.41, 5.74) is 5.72. The number of nitrogens with zero attached hydrogens (tertiary/aromatic N) is 5. The van der Waals surface area contributed by atoms with Crippen LogP contribution in [0.15, 0.2) is 63.2 Å². The topological polar surface area (TPSA) is 95.4 Å². The fourth-order valence-electron chi connectivity index (χ4n) is 3.42. The minimum atomic E-state index is -0.434. The van der Waals surface area contributed by atoms with Crippen molar-refractivity contribution in [3.63, 3.8) is 0 Å². The van der Waals surface area contributed by atoms with Crippen LogP contribution >= 0.6 is 0 Å². The summed E-state index contributed by atoms with van der Waals surface area (Å²) in [7, 11) is 4.67. The third-order valence-electron chi connectivity index (χ3n) is 5.30. The molecule has 0 fully saturated rings. The Kier molecular flexibility index (Phi) is 5.63. The number of anilines is 1. The summed E-state index contributed by atoms with van der Waals surface area (Å²) in [6.45, 7) is 2.41. The number of aromatic nitrogens is 4. The lowest BCUT2D eigenvalue weighted by Gasteiger charge is -2.09. The highest BCUT2D eigenvalue weighted by Gasteiger charge is 2.19. The first kappa shape index (κ1) is 21.1. The van der Waals surface area contributed by atoms with Crippen LogP contribution in [-0.2, 0) is 20.6 Å². The molecule has 2 aromatic carbocycles. The molecule has 1 N–H and O–H groups in total. The van der Waals surface area contributed by atoms with Crippen molar-refractivity contribution in [3.05, 3.63) is 86.1 Å². The summed E-state index contributed by atoms with van der Waals surface area (Å²) in [4.78, 5) is 29.8. The molecule has 2 aromatic heterocycles. The van der Waals surface area contributed by atoms with E-state index in [1.54, 1.807) is 24.9 Å². The Balaban J connectivity index is 1.77. The lowest BCUT2D eigenvalue weighted by molar-refractivity contribution is 0.415. The van der Waals surface area contributed by atoms with Gasteiger partial charge in [0, 0.05) is 14.1 Å². The molecule has 0 saturated heterocycles. The second-order valence-corrected chi connectivity index (χ2v) is 7.53. The zero-order valence-electron chi connectivity index (χ0n) is 18.4. The van der Waals surface area contributed by atoms with Crippen LogP contribution in [0.25, 0.3) is 11.2 Å². The van der Waals surface area contributed by atoms with Gasteiger partial charge in [0.25, 0.3) is 5.56 Å². The number of hydrogen-bond acceptors (Lipinski definition) is 6. The maximum Gasteiger partial charge on any atom is 0.332 e. The van der Waals surface area contributed by atoms with Gasteiger partial charge in [-0.2, -0.15) is 10.1 Å². The summed E-state index contributed by atoms with van der Waals surface area (Å²) >= 11 is 0. The zero-order valence-corrected chi connectivity index (χ0v) is 18.4. The molecule has 0 aliphatic carbocycles. The van der Waals surface area contributed by atoms with Gasteiger partial charge in [0.1, 0.15) is 5.75 Å². The minimum absolute atomic E-state index is 0.298. The quantitative estimate of drug-likeness (QED) is 0.372. The fraction of sp³-hybridized carbons (Fsp3) is 0.217. The third kappa shape index (κ3) is 3.92. The van der Waals surface area contributed by atoms with Crippen molar-refractivity contribution < 1.29 is 4.74 Å². The summed E-state index contributed by atoms with van der Waals surface area (Å²) in [5.74, 6) is 1.12. The average molecular weight is 432 g/mol. The Labute approximate surface area is 184 Å². The molecule has 0 aliphatic heterocycles. The molecule has 9 nitrogen and oxygen atoms in total. The average Bonchev–Trinajstić information content (AvgIpc) is 3.16. The number of hydrogen-bond donors (Lipinski definition) is 1. The van der Waals surface area contributed by atoms with Gasteiger partial charge < -0.3 is 4.74 Å². The van der Waals surface area contributed by atoms with E-state index in [-0.39, 0.29) is 0 Å². The van der Waals surface area contributed by atoms with E-state index in [9.17, 15) is 9.59 Å². The number of aryl methyl sites for hydroxylation is 2. The summed E-state index contributed by atoms with van der Waals surface area (Å²) < 4.78 is 9.35. The van der Waals surface area contributed by atoms with Crippen molar-refractivity contribution in [2.75, 3.05) is 12.5 Å². The second-order valence-electron chi connectivity index (χ2n) is 7.53. The number of fused-ring (bicyclic) bond motifs is 1. The number of methoxy groups -OCH3 is 1. The van der Waals surface area contributed by atoms with Gasteiger partial charge in [-0.05, 0) is 42.3 Å². The fourth-order valence-corrected chi connectivity index (χ4v) is 3.42. The molecule has 0 spiro atoms. The van der Waals surface area contributed by atoms with E-state index in [1.165, 1.54) is 11.6 Å². The third-order valence-corrected chi connectivity index (χ3v) is 5.30. The second kappa shape index (κ2) is 8.54. The van der Waals surface area contributed by atoms with Gasteiger partial charge in [0.2, 0.25) is 5.95 Å². The number of hydrazone groups is 1. The van der Waals surface area contributed by atoms with Crippen LogP contribution < -0.4 is 21.4 Å². The van der Waals surface area contributed by atoms with E-state index in [0.29, 0.717) is 23.7 Å². The van der Waals surface area contributed by atoms with Crippen molar-refractivity contribution in [2.24, 2.45) is 19.2 Å². The van der Waals surface area contributed by atoms with Crippen molar-refractivity contribution in [3.8, 4) is 5.75 Å². The molecule has 2 heterocycles. The molecule has 164 valence electrons. The van der Waals surface area contributed by atoms with Gasteiger partial charge in [-0.1, -0.05) is 29.8 Å². The molecule has 0 bridgehead atoms. The Hall–Kier alpha value is -4.14. The SMILES string of the molecule is COc1ccc(/C=N\Nc2nc3c(c(=O)n(C)c(=O)n3C)n2Cc2ccc(C)cc2)cc1. The first-order valence-electron chi connectivity index (χ1n) is 10.0. The van der Waals surface area contributed by atoms with Gasteiger partial charge in [-0.15, -0.1) is 0 Å². The van der Waals surface area contributed by atoms with E-state index in [0.717, 1.165) is 27.0 Å². The lowest BCUT2D eigenvalue weighted by Crippen LogP contribution is -2.37. The van der Waals surface area contributed by atoms with Gasteiger partial charge >= 0.3 is 5.69 Å². The number of rotatable bonds is 6. The summed E-state index contributed by atoms with van der Waals surface area (Å²) in [6, 6.07) is 15.4. The van der Waals surface area contributed by atoms with Crippen molar-refractivity contribution in [1.29, 1.82) is 0 Å². The molecular weight excluding hydrogens is 408 g/mol. The van der Waals surface area contributed by atoms with Crippen LogP contribution in [-0.4, -0.2) is 32.0 Å². The highest BCUT2D eigenvalue weighted by molar-refractivity contribution is 5.80. The molecule has 0 aliphatic rings. The van der Waals surface area contributed by atoms with Crippen LogP contribution in [0.3, 0.4) is 0 Å². The van der Waals surface area contributed by atoms with E-state index in [4.69, 9.17) is 4.74 Å². The van der Waals surface area contributed by atoms with Gasteiger partial charge in [-0.25, -0.2) is 10.2 Å². The standard InChI is InChI=1S/C23H24N6O3/c1-15-5-7-17(8-6-15)14-29-19-20(27(2)23(31)28(3)21(19)30)25-22(29)26-24-13-16-9-11-18(32-4)12-10-16/h5-13H,14H2,1-4H3,(H,25,26)/b24-13-. The van der Waals surface area contributed by atoms with Crippen LogP contribution in [0.1, 0.15) is 16.7 Å². The van der Waals surface area contributed by atoms with Gasteiger partial charge in [-0.3, -0.25) is 18.5 Å².